The molecule has 0 amide bonds. The van der Waals surface area contributed by atoms with Crippen molar-refractivity contribution >= 4 is 0 Å². The van der Waals surface area contributed by atoms with Crippen LogP contribution >= 0.6 is 0 Å². The molecule has 18 heavy (non-hydrogen) atoms. The number of nitrogens with zero attached hydrogens (tertiary/aromatic N) is 2. The molecule has 0 aliphatic carbocycles. The molecule has 1 heterocycles. The zero-order chi connectivity index (χ0) is 13.1. The summed E-state index contributed by atoms with van der Waals surface area (Å²) in [6, 6.07) is 4.05. The van der Waals surface area contributed by atoms with Crippen LogP contribution in [-0.2, 0) is 0 Å². The molecule has 2 rings (SSSR count). The predicted molar refractivity (Wildman–Crippen MR) is 64.9 cm³/mol. The minimum absolute atomic E-state index is 0.190. The summed E-state index contributed by atoms with van der Waals surface area (Å²) in [5.74, 6) is 0.299. The third-order valence-corrected chi connectivity index (χ3v) is 2.59. The topological polar surface area (TPSA) is 105 Å². The molecule has 6 nitrogen and oxygen atoms in total. The van der Waals surface area contributed by atoms with Crippen molar-refractivity contribution in [3.05, 3.63) is 24.1 Å². The molecule has 96 valence electrons. The van der Waals surface area contributed by atoms with E-state index in [1.165, 1.54) is 12.1 Å². The van der Waals surface area contributed by atoms with Gasteiger partial charge in [-0.3, -0.25) is 0 Å². The molecule has 0 saturated heterocycles. The number of hydrogen-bond acceptors (Lipinski definition) is 6. The average molecular weight is 249 g/mol. The highest BCUT2D eigenvalue weighted by molar-refractivity contribution is 5.59. The van der Waals surface area contributed by atoms with Gasteiger partial charge in [0.1, 0.15) is 0 Å². The van der Waals surface area contributed by atoms with Gasteiger partial charge in [-0.05, 0) is 24.6 Å². The fourth-order valence-electron chi connectivity index (χ4n) is 1.60. The van der Waals surface area contributed by atoms with E-state index in [1.54, 1.807) is 6.07 Å². The molecule has 1 aromatic heterocycles. The van der Waals surface area contributed by atoms with Gasteiger partial charge < -0.3 is 20.5 Å². The SMILES string of the molecule is CCC[C@H](N)c1nc(-c2ccc(O)c(O)c2)no1. The highest BCUT2D eigenvalue weighted by atomic mass is 16.5. The van der Waals surface area contributed by atoms with Crippen molar-refractivity contribution in [3.8, 4) is 22.9 Å². The zero-order valence-electron chi connectivity index (χ0n) is 10.00. The molecule has 0 radical (unpaired) electrons. The smallest absolute Gasteiger partial charge is 0.243 e. The number of benzene rings is 1. The van der Waals surface area contributed by atoms with Crippen molar-refractivity contribution < 1.29 is 14.7 Å². The third kappa shape index (κ3) is 2.43. The van der Waals surface area contributed by atoms with Crippen LogP contribution in [0.2, 0.25) is 0 Å². The molecule has 0 fully saturated rings. The number of nitrogens with two attached hydrogens (primary N) is 1. The van der Waals surface area contributed by atoms with Crippen molar-refractivity contribution in [2.75, 3.05) is 0 Å². The van der Waals surface area contributed by atoms with Crippen LogP contribution in [0.4, 0.5) is 0 Å². The van der Waals surface area contributed by atoms with Crippen molar-refractivity contribution in [1.82, 2.24) is 10.1 Å². The Kier molecular flexibility index (Phi) is 3.47. The first-order valence-corrected chi connectivity index (χ1v) is 5.73. The lowest BCUT2D eigenvalue weighted by Gasteiger charge is -2.02. The molecule has 1 atom stereocenters. The van der Waals surface area contributed by atoms with Crippen LogP contribution in [0.3, 0.4) is 0 Å². The predicted octanol–water partition coefficient (Wildman–Crippen LogP) is 1.95. The lowest BCUT2D eigenvalue weighted by molar-refractivity contribution is 0.348. The summed E-state index contributed by atoms with van der Waals surface area (Å²) in [5, 5.41) is 22.4. The molecule has 0 saturated carbocycles. The number of rotatable bonds is 4. The monoisotopic (exact) mass is 249 g/mol. The summed E-state index contributed by atoms with van der Waals surface area (Å²) in [6.07, 6.45) is 1.70. The van der Waals surface area contributed by atoms with Crippen molar-refractivity contribution in [3.63, 3.8) is 0 Å². The van der Waals surface area contributed by atoms with Crippen LogP contribution < -0.4 is 5.73 Å². The lowest BCUT2D eigenvalue weighted by atomic mass is 10.2. The molecule has 1 aromatic carbocycles. The molecule has 0 aliphatic rings. The van der Waals surface area contributed by atoms with Gasteiger partial charge >= 0.3 is 0 Å². The minimum atomic E-state index is -0.276. The van der Waals surface area contributed by atoms with Gasteiger partial charge in [-0.25, -0.2) is 0 Å². The summed E-state index contributed by atoms with van der Waals surface area (Å²) < 4.78 is 5.07. The van der Waals surface area contributed by atoms with Gasteiger partial charge in [-0.1, -0.05) is 18.5 Å². The summed E-state index contributed by atoms with van der Waals surface area (Å²) in [7, 11) is 0. The summed E-state index contributed by atoms with van der Waals surface area (Å²) in [5.41, 5.74) is 6.42. The van der Waals surface area contributed by atoms with Crippen LogP contribution in [0.25, 0.3) is 11.4 Å². The molecule has 0 bridgehead atoms. The Morgan fingerprint density at radius 2 is 2.11 bits per heavy atom. The van der Waals surface area contributed by atoms with E-state index in [9.17, 15) is 10.2 Å². The van der Waals surface area contributed by atoms with Crippen molar-refractivity contribution in [2.45, 2.75) is 25.8 Å². The van der Waals surface area contributed by atoms with E-state index in [0.29, 0.717) is 17.3 Å². The second-order valence-corrected chi connectivity index (χ2v) is 4.05. The standard InChI is InChI=1S/C12H15N3O3/c1-2-3-8(13)12-14-11(15-18-12)7-4-5-9(16)10(17)6-7/h4-6,8,16-17H,2-3,13H2,1H3/t8-/m0/s1. The van der Waals surface area contributed by atoms with Gasteiger partial charge in [0.15, 0.2) is 11.5 Å². The summed E-state index contributed by atoms with van der Waals surface area (Å²) in [6.45, 7) is 2.02. The normalized spacial score (nSPS) is 12.6. The van der Waals surface area contributed by atoms with Gasteiger partial charge in [-0.2, -0.15) is 4.98 Å². The maximum absolute atomic E-state index is 9.40. The van der Waals surface area contributed by atoms with E-state index in [-0.39, 0.29) is 17.5 Å². The van der Waals surface area contributed by atoms with Gasteiger partial charge in [0.2, 0.25) is 11.7 Å². The van der Waals surface area contributed by atoms with E-state index in [0.717, 1.165) is 12.8 Å². The quantitative estimate of drug-likeness (QED) is 0.715. The number of aromatic hydroxyl groups is 2. The summed E-state index contributed by atoms with van der Waals surface area (Å²) in [4.78, 5) is 4.17. The largest absolute Gasteiger partial charge is 0.504 e. The molecule has 6 heteroatoms. The first-order valence-electron chi connectivity index (χ1n) is 5.73. The fraction of sp³-hybridized carbons (Fsp3) is 0.333. The van der Waals surface area contributed by atoms with E-state index in [1.807, 2.05) is 6.92 Å². The van der Waals surface area contributed by atoms with Gasteiger partial charge in [0.25, 0.3) is 0 Å². The van der Waals surface area contributed by atoms with Crippen molar-refractivity contribution in [2.24, 2.45) is 5.73 Å². The second-order valence-electron chi connectivity index (χ2n) is 4.05. The Hall–Kier alpha value is -2.08. The molecule has 0 spiro atoms. The summed E-state index contributed by atoms with van der Waals surface area (Å²) >= 11 is 0. The molecule has 4 N–H and O–H groups in total. The highest BCUT2D eigenvalue weighted by Crippen LogP contribution is 2.29. The number of phenolic OH excluding ortho intramolecular Hbond substituents is 2. The second kappa shape index (κ2) is 5.05. The van der Waals surface area contributed by atoms with Crippen LogP contribution in [-0.4, -0.2) is 20.4 Å². The van der Waals surface area contributed by atoms with Crippen LogP contribution in [0, 0.1) is 0 Å². The van der Waals surface area contributed by atoms with Crippen LogP contribution in [0.5, 0.6) is 11.5 Å². The lowest BCUT2D eigenvalue weighted by Crippen LogP contribution is -2.09. The Balaban J connectivity index is 2.26. The zero-order valence-corrected chi connectivity index (χ0v) is 10.00. The molecule has 0 unspecified atom stereocenters. The van der Waals surface area contributed by atoms with E-state index < -0.39 is 0 Å². The first kappa shape index (κ1) is 12.4. The maximum Gasteiger partial charge on any atom is 0.243 e. The maximum atomic E-state index is 9.40. The minimum Gasteiger partial charge on any atom is -0.504 e. The van der Waals surface area contributed by atoms with E-state index in [4.69, 9.17) is 10.3 Å². The van der Waals surface area contributed by atoms with Gasteiger partial charge in [-0.15, -0.1) is 0 Å². The van der Waals surface area contributed by atoms with Crippen molar-refractivity contribution in [1.29, 1.82) is 0 Å². The number of hydrogen-bond donors (Lipinski definition) is 3. The van der Waals surface area contributed by atoms with E-state index in [2.05, 4.69) is 10.1 Å². The number of phenols is 2. The van der Waals surface area contributed by atoms with Crippen LogP contribution in [0.15, 0.2) is 22.7 Å². The Morgan fingerprint density at radius 3 is 2.78 bits per heavy atom. The molecular formula is C12H15N3O3. The Morgan fingerprint density at radius 1 is 1.33 bits per heavy atom. The van der Waals surface area contributed by atoms with Crippen LogP contribution in [0.1, 0.15) is 31.7 Å². The van der Waals surface area contributed by atoms with Gasteiger partial charge in [0.05, 0.1) is 6.04 Å². The van der Waals surface area contributed by atoms with E-state index >= 15 is 0 Å². The average Bonchev–Trinajstić information content (AvgIpc) is 2.82. The molecular weight excluding hydrogens is 234 g/mol. The highest BCUT2D eigenvalue weighted by Gasteiger charge is 2.15. The fourth-order valence-corrected chi connectivity index (χ4v) is 1.60. The third-order valence-electron chi connectivity index (χ3n) is 2.59. The Labute approximate surface area is 104 Å². The Bertz CT molecular complexity index is 539. The molecule has 0 aliphatic heterocycles. The molecule has 2 aromatic rings. The van der Waals surface area contributed by atoms with Gasteiger partial charge in [0, 0.05) is 5.56 Å². The first-order chi connectivity index (χ1) is 8.61. The number of aromatic nitrogens is 2.